The summed E-state index contributed by atoms with van der Waals surface area (Å²) in [5.74, 6) is -0.945. The Bertz CT molecular complexity index is 404. The number of pyridine rings is 1. The zero-order chi connectivity index (χ0) is 15.3. The van der Waals surface area contributed by atoms with Crippen LogP contribution in [-0.2, 0) is 6.42 Å². The van der Waals surface area contributed by atoms with Gasteiger partial charge in [-0.25, -0.2) is 9.78 Å². The van der Waals surface area contributed by atoms with Gasteiger partial charge in [0.1, 0.15) is 5.69 Å². The normalized spacial score (nSPS) is 10.7. The Morgan fingerprint density at radius 1 is 1.00 bits per heavy atom. The fourth-order valence-corrected chi connectivity index (χ4v) is 2.56. The van der Waals surface area contributed by atoms with Crippen molar-refractivity contribution in [2.45, 2.75) is 77.6 Å². The molecule has 3 nitrogen and oxygen atoms in total. The molecule has 3 heteroatoms. The highest BCUT2D eigenvalue weighted by molar-refractivity contribution is 5.85. The molecule has 0 bridgehead atoms. The van der Waals surface area contributed by atoms with E-state index >= 15 is 0 Å². The molecular formula is C18H29NO2. The van der Waals surface area contributed by atoms with Crippen molar-refractivity contribution in [1.82, 2.24) is 4.98 Å². The molecule has 0 atom stereocenters. The molecule has 118 valence electrons. The van der Waals surface area contributed by atoms with E-state index < -0.39 is 5.97 Å². The lowest BCUT2D eigenvalue weighted by Gasteiger charge is -2.03. The molecule has 1 aromatic rings. The molecule has 0 aliphatic rings. The molecule has 0 spiro atoms. The molecule has 0 amide bonds. The van der Waals surface area contributed by atoms with Crippen LogP contribution in [0.25, 0.3) is 0 Å². The third-order valence-electron chi connectivity index (χ3n) is 3.86. The first-order valence-electron chi connectivity index (χ1n) is 8.42. The van der Waals surface area contributed by atoms with Crippen LogP contribution in [0.15, 0.2) is 18.3 Å². The van der Waals surface area contributed by atoms with Crippen LogP contribution in [0.4, 0.5) is 0 Å². The lowest BCUT2D eigenvalue weighted by molar-refractivity contribution is 0.0690. The molecule has 0 unspecified atom stereocenters. The Hall–Kier alpha value is -1.38. The van der Waals surface area contributed by atoms with E-state index in [0.717, 1.165) is 18.4 Å². The lowest BCUT2D eigenvalue weighted by Crippen LogP contribution is -2.00. The minimum Gasteiger partial charge on any atom is -0.477 e. The molecule has 0 radical (unpaired) electrons. The smallest absolute Gasteiger partial charge is 0.354 e. The monoisotopic (exact) mass is 291 g/mol. The van der Waals surface area contributed by atoms with Crippen molar-refractivity contribution in [3.63, 3.8) is 0 Å². The predicted octanol–water partition coefficient (Wildman–Crippen LogP) is 5.24. The SMILES string of the molecule is CCCCCCCCCCCCc1ccnc(C(=O)O)c1. The summed E-state index contributed by atoms with van der Waals surface area (Å²) in [5.41, 5.74) is 1.24. The van der Waals surface area contributed by atoms with Gasteiger partial charge in [-0.15, -0.1) is 0 Å². The number of carbonyl (C=O) groups is 1. The average molecular weight is 291 g/mol. The summed E-state index contributed by atoms with van der Waals surface area (Å²) in [6.07, 6.45) is 15.8. The number of hydrogen-bond acceptors (Lipinski definition) is 2. The first kappa shape index (κ1) is 17.7. The van der Waals surface area contributed by atoms with Gasteiger partial charge in [0.25, 0.3) is 0 Å². The van der Waals surface area contributed by atoms with Gasteiger partial charge < -0.3 is 5.11 Å². The van der Waals surface area contributed by atoms with Crippen LogP contribution in [-0.4, -0.2) is 16.1 Å². The van der Waals surface area contributed by atoms with Crippen LogP contribution in [0.2, 0.25) is 0 Å². The van der Waals surface area contributed by atoms with Gasteiger partial charge >= 0.3 is 5.97 Å². The summed E-state index contributed by atoms with van der Waals surface area (Å²) in [7, 11) is 0. The van der Waals surface area contributed by atoms with E-state index in [2.05, 4.69) is 11.9 Å². The maximum Gasteiger partial charge on any atom is 0.354 e. The number of aromatic nitrogens is 1. The number of aryl methyl sites for hydroxylation is 1. The number of carboxylic acid groups (broad SMARTS) is 1. The minimum absolute atomic E-state index is 0.152. The lowest BCUT2D eigenvalue weighted by atomic mass is 10.0. The standard InChI is InChI=1S/C18H29NO2/c1-2-3-4-5-6-7-8-9-10-11-12-16-13-14-19-17(15-16)18(20)21/h13-15H,2-12H2,1H3,(H,20,21). The van der Waals surface area contributed by atoms with Gasteiger partial charge in [0, 0.05) is 6.20 Å². The first-order chi connectivity index (χ1) is 10.2. The largest absolute Gasteiger partial charge is 0.477 e. The maximum atomic E-state index is 10.8. The molecule has 0 saturated heterocycles. The molecule has 1 heterocycles. The highest BCUT2D eigenvalue weighted by Gasteiger charge is 2.04. The molecule has 0 aliphatic carbocycles. The summed E-state index contributed by atoms with van der Waals surface area (Å²) in [5, 5.41) is 8.89. The van der Waals surface area contributed by atoms with Gasteiger partial charge in [-0.1, -0.05) is 64.7 Å². The number of hydrogen-bond donors (Lipinski definition) is 1. The summed E-state index contributed by atoms with van der Waals surface area (Å²) in [4.78, 5) is 14.7. The molecule has 21 heavy (non-hydrogen) atoms. The number of unbranched alkanes of at least 4 members (excludes halogenated alkanes) is 9. The molecule has 0 saturated carbocycles. The van der Waals surface area contributed by atoms with E-state index in [-0.39, 0.29) is 5.69 Å². The Balaban J connectivity index is 2.01. The zero-order valence-electron chi connectivity index (χ0n) is 13.3. The van der Waals surface area contributed by atoms with Crippen molar-refractivity contribution in [3.8, 4) is 0 Å². The van der Waals surface area contributed by atoms with Gasteiger partial charge in [0.2, 0.25) is 0 Å². The summed E-state index contributed by atoms with van der Waals surface area (Å²) in [6.45, 7) is 2.25. The van der Waals surface area contributed by atoms with Crippen LogP contribution < -0.4 is 0 Å². The van der Waals surface area contributed by atoms with E-state index in [4.69, 9.17) is 5.11 Å². The minimum atomic E-state index is -0.945. The third-order valence-corrected chi connectivity index (χ3v) is 3.86. The van der Waals surface area contributed by atoms with Crippen LogP contribution in [0.1, 0.15) is 87.2 Å². The molecule has 1 aromatic heterocycles. The Morgan fingerprint density at radius 2 is 1.57 bits per heavy atom. The van der Waals surface area contributed by atoms with E-state index in [1.165, 1.54) is 57.8 Å². The van der Waals surface area contributed by atoms with Crippen LogP contribution in [0.3, 0.4) is 0 Å². The third kappa shape index (κ3) is 8.49. The van der Waals surface area contributed by atoms with Gasteiger partial charge in [-0.05, 0) is 30.5 Å². The summed E-state index contributed by atoms with van der Waals surface area (Å²) < 4.78 is 0. The van der Waals surface area contributed by atoms with Crippen molar-refractivity contribution >= 4 is 5.97 Å². The molecule has 1 N–H and O–H groups in total. The number of rotatable bonds is 12. The number of nitrogens with zero attached hydrogens (tertiary/aromatic N) is 1. The van der Waals surface area contributed by atoms with E-state index in [1.807, 2.05) is 6.07 Å². The highest BCUT2D eigenvalue weighted by atomic mass is 16.4. The van der Waals surface area contributed by atoms with Crippen molar-refractivity contribution < 1.29 is 9.90 Å². The second kappa shape index (κ2) is 11.3. The molecule has 1 rings (SSSR count). The molecule has 0 aliphatic heterocycles. The first-order valence-corrected chi connectivity index (χ1v) is 8.42. The highest BCUT2D eigenvalue weighted by Crippen LogP contribution is 2.12. The van der Waals surface area contributed by atoms with Gasteiger partial charge in [-0.3, -0.25) is 0 Å². The second-order valence-corrected chi connectivity index (χ2v) is 5.79. The topological polar surface area (TPSA) is 50.2 Å². The number of carboxylic acids is 1. The van der Waals surface area contributed by atoms with Gasteiger partial charge in [-0.2, -0.15) is 0 Å². The van der Waals surface area contributed by atoms with Gasteiger partial charge in [0.15, 0.2) is 0 Å². The predicted molar refractivity (Wildman–Crippen MR) is 86.7 cm³/mol. The second-order valence-electron chi connectivity index (χ2n) is 5.79. The van der Waals surface area contributed by atoms with Crippen molar-refractivity contribution in [2.24, 2.45) is 0 Å². The molecular weight excluding hydrogens is 262 g/mol. The Morgan fingerprint density at radius 3 is 2.14 bits per heavy atom. The molecule has 0 fully saturated rings. The van der Waals surface area contributed by atoms with E-state index in [1.54, 1.807) is 12.3 Å². The Labute approximate surface area is 128 Å². The van der Waals surface area contributed by atoms with E-state index in [0.29, 0.717) is 0 Å². The van der Waals surface area contributed by atoms with Gasteiger partial charge in [0.05, 0.1) is 0 Å². The number of aromatic carboxylic acids is 1. The van der Waals surface area contributed by atoms with Crippen LogP contribution in [0.5, 0.6) is 0 Å². The maximum absolute atomic E-state index is 10.8. The van der Waals surface area contributed by atoms with Crippen molar-refractivity contribution in [1.29, 1.82) is 0 Å². The van der Waals surface area contributed by atoms with Crippen molar-refractivity contribution in [2.75, 3.05) is 0 Å². The quantitative estimate of drug-likeness (QED) is 0.535. The summed E-state index contributed by atoms with van der Waals surface area (Å²) >= 11 is 0. The Kier molecular flexibility index (Phi) is 9.51. The van der Waals surface area contributed by atoms with Crippen LogP contribution >= 0.6 is 0 Å². The average Bonchev–Trinajstić information content (AvgIpc) is 2.49. The zero-order valence-corrected chi connectivity index (χ0v) is 13.3. The summed E-state index contributed by atoms with van der Waals surface area (Å²) in [6, 6.07) is 3.61. The van der Waals surface area contributed by atoms with Crippen LogP contribution in [0, 0.1) is 0 Å². The van der Waals surface area contributed by atoms with Crippen molar-refractivity contribution in [3.05, 3.63) is 29.6 Å². The van der Waals surface area contributed by atoms with E-state index in [9.17, 15) is 4.79 Å². The fraction of sp³-hybridized carbons (Fsp3) is 0.667. The molecule has 0 aromatic carbocycles. The fourth-order valence-electron chi connectivity index (χ4n) is 2.56.